The molecule has 2 heteroatoms. The van der Waals surface area contributed by atoms with Crippen LogP contribution >= 0.6 is 0 Å². The minimum Gasteiger partial charge on any atom is -0.468 e. The first-order valence-electron chi connectivity index (χ1n) is 7.60. The summed E-state index contributed by atoms with van der Waals surface area (Å²) in [5, 5.41) is 0. The molecule has 2 aromatic carbocycles. The third-order valence-corrected chi connectivity index (χ3v) is 3.63. The molecule has 0 N–H and O–H groups in total. The maximum atomic E-state index is 10.0. The number of ether oxygens (including phenoxy) is 1. The van der Waals surface area contributed by atoms with Gasteiger partial charge in [0.15, 0.2) is 0 Å². The zero-order chi connectivity index (χ0) is 14.8. The molecule has 0 heterocycles. The molecule has 0 saturated heterocycles. The van der Waals surface area contributed by atoms with E-state index in [-0.39, 0.29) is 0 Å². The second-order valence-electron chi connectivity index (χ2n) is 5.15. The molecule has 0 aromatic heterocycles. The third kappa shape index (κ3) is 5.07. The van der Waals surface area contributed by atoms with E-state index < -0.39 is 0 Å². The van der Waals surface area contributed by atoms with Crippen molar-refractivity contribution in [2.75, 3.05) is 6.61 Å². The molecule has 0 aliphatic heterocycles. The third-order valence-electron chi connectivity index (χ3n) is 3.63. The van der Waals surface area contributed by atoms with Crippen molar-refractivity contribution in [3.8, 4) is 11.1 Å². The number of hydrogen-bond acceptors (Lipinski definition) is 2. The number of rotatable bonds is 9. The maximum Gasteiger partial charge on any atom is 0.293 e. The monoisotopic (exact) mass is 282 g/mol. The maximum absolute atomic E-state index is 10.0. The SMILES string of the molecule is O=COCCCCCCc1ccccc1-c1ccccc1. The summed E-state index contributed by atoms with van der Waals surface area (Å²) in [5.74, 6) is 0. The van der Waals surface area contributed by atoms with Crippen molar-refractivity contribution >= 4 is 6.47 Å². The summed E-state index contributed by atoms with van der Waals surface area (Å²) >= 11 is 0. The molecular formula is C19H22O2. The van der Waals surface area contributed by atoms with E-state index in [1.165, 1.54) is 29.5 Å². The summed E-state index contributed by atoms with van der Waals surface area (Å²) < 4.78 is 4.69. The first kappa shape index (κ1) is 15.3. The van der Waals surface area contributed by atoms with E-state index in [1.54, 1.807) is 0 Å². The Morgan fingerprint density at radius 2 is 1.52 bits per heavy atom. The largest absolute Gasteiger partial charge is 0.468 e. The topological polar surface area (TPSA) is 26.3 Å². The number of hydrogen-bond donors (Lipinski definition) is 0. The van der Waals surface area contributed by atoms with Crippen LogP contribution in [0.1, 0.15) is 31.2 Å². The van der Waals surface area contributed by atoms with Gasteiger partial charge in [0, 0.05) is 0 Å². The summed E-state index contributed by atoms with van der Waals surface area (Å²) in [4.78, 5) is 10.0. The van der Waals surface area contributed by atoms with Gasteiger partial charge in [-0.2, -0.15) is 0 Å². The summed E-state index contributed by atoms with van der Waals surface area (Å²) in [5.41, 5.74) is 4.03. The van der Waals surface area contributed by atoms with Crippen LogP contribution in [0.4, 0.5) is 0 Å². The van der Waals surface area contributed by atoms with Crippen LogP contribution in [0.2, 0.25) is 0 Å². The summed E-state index contributed by atoms with van der Waals surface area (Å²) in [6, 6.07) is 19.2. The fourth-order valence-electron chi connectivity index (χ4n) is 2.54. The predicted octanol–water partition coefficient (Wildman–Crippen LogP) is 4.63. The van der Waals surface area contributed by atoms with Gasteiger partial charge in [0.2, 0.25) is 0 Å². The molecule has 0 saturated carbocycles. The van der Waals surface area contributed by atoms with E-state index in [9.17, 15) is 4.79 Å². The molecule has 21 heavy (non-hydrogen) atoms. The van der Waals surface area contributed by atoms with Crippen molar-refractivity contribution in [2.45, 2.75) is 32.1 Å². The Balaban J connectivity index is 1.85. The van der Waals surface area contributed by atoms with Crippen LogP contribution in [-0.2, 0) is 16.0 Å². The van der Waals surface area contributed by atoms with Gasteiger partial charge in [0.25, 0.3) is 6.47 Å². The van der Waals surface area contributed by atoms with Gasteiger partial charge < -0.3 is 4.74 Å². The minimum absolute atomic E-state index is 0.524. The molecular weight excluding hydrogens is 260 g/mol. The lowest BCUT2D eigenvalue weighted by Crippen LogP contribution is -1.93. The van der Waals surface area contributed by atoms with Crippen molar-refractivity contribution in [1.29, 1.82) is 0 Å². The first-order valence-corrected chi connectivity index (χ1v) is 7.60. The van der Waals surface area contributed by atoms with Crippen LogP contribution < -0.4 is 0 Å². The first-order chi connectivity index (χ1) is 10.4. The number of carbonyl (C=O) groups is 1. The number of aryl methyl sites for hydroxylation is 1. The van der Waals surface area contributed by atoms with Crippen LogP contribution in [0.5, 0.6) is 0 Å². The standard InChI is InChI=1S/C19H22O2/c20-16-21-15-9-2-1-4-10-18-13-7-8-14-19(18)17-11-5-3-6-12-17/h3,5-8,11-14,16H,1-2,4,9-10,15H2. The van der Waals surface area contributed by atoms with Gasteiger partial charge in [-0.3, -0.25) is 4.79 Å². The van der Waals surface area contributed by atoms with E-state index >= 15 is 0 Å². The van der Waals surface area contributed by atoms with Crippen molar-refractivity contribution in [3.63, 3.8) is 0 Å². The van der Waals surface area contributed by atoms with E-state index in [0.29, 0.717) is 13.1 Å². The van der Waals surface area contributed by atoms with E-state index in [2.05, 4.69) is 48.5 Å². The Morgan fingerprint density at radius 1 is 0.810 bits per heavy atom. The fraction of sp³-hybridized carbons (Fsp3) is 0.316. The highest BCUT2D eigenvalue weighted by Gasteiger charge is 2.03. The van der Waals surface area contributed by atoms with Gasteiger partial charge >= 0.3 is 0 Å². The summed E-state index contributed by atoms with van der Waals surface area (Å²) in [7, 11) is 0. The van der Waals surface area contributed by atoms with E-state index in [1.807, 2.05) is 6.07 Å². The highest BCUT2D eigenvalue weighted by Crippen LogP contribution is 2.24. The van der Waals surface area contributed by atoms with Gasteiger partial charge in [-0.1, -0.05) is 67.4 Å². The molecule has 0 fully saturated rings. The smallest absolute Gasteiger partial charge is 0.293 e. The lowest BCUT2D eigenvalue weighted by Gasteiger charge is -2.09. The molecule has 2 aromatic rings. The molecule has 0 aliphatic rings. The molecule has 0 amide bonds. The number of benzene rings is 2. The van der Waals surface area contributed by atoms with Gasteiger partial charge in [-0.15, -0.1) is 0 Å². The molecule has 0 bridgehead atoms. The zero-order valence-corrected chi connectivity index (χ0v) is 12.3. The molecule has 110 valence electrons. The van der Waals surface area contributed by atoms with E-state index in [0.717, 1.165) is 19.3 Å². The molecule has 0 spiro atoms. The van der Waals surface area contributed by atoms with Gasteiger partial charge in [0.1, 0.15) is 0 Å². The average Bonchev–Trinajstić information content (AvgIpc) is 2.55. The minimum atomic E-state index is 0.524. The van der Waals surface area contributed by atoms with Gasteiger partial charge in [-0.25, -0.2) is 0 Å². The Kier molecular flexibility index (Phi) is 6.53. The van der Waals surface area contributed by atoms with Crippen LogP contribution in [0.3, 0.4) is 0 Å². The summed E-state index contributed by atoms with van der Waals surface area (Å²) in [6.45, 7) is 1.07. The molecule has 2 rings (SSSR count). The summed E-state index contributed by atoms with van der Waals surface area (Å²) in [6.07, 6.45) is 5.51. The van der Waals surface area contributed by atoms with Gasteiger partial charge in [-0.05, 0) is 36.0 Å². The van der Waals surface area contributed by atoms with Crippen molar-refractivity contribution < 1.29 is 9.53 Å². The highest BCUT2D eigenvalue weighted by atomic mass is 16.5. The molecule has 0 atom stereocenters. The Morgan fingerprint density at radius 3 is 2.33 bits per heavy atom. The van der Waals surface area contributed by atoms with Crippen LogP contribution in [0.15, 0.2) is 54.6 Å². The number of carbonyl (C=O) groups excluding carboxylic acids is 1. The van der Waals surface area contributed by atoms with Crippen LogP contribution in [-0.4, -0.2) is 13.1 Å². The van der Waals surface area contributed by atoms with Crippen molar-refractivity contribution in [1.82, 2.24) is 0 Å². The Labute approximate surface area is 126 Å². The van der Waals surface area contributed by atoms with Gasteiger partial charge in [0.05, 0.1) is 6.61 Å². The fourth-order valence-corrected chi connectivity index (χ4v) is 2.54. The predicted molar refractivity (Wildman–Crippen MR) is 86.1 cm³/mol. The van der Waals surface area contributed by atoms with Crippen LogP contribution in [0.25, 0.3) is 11.1 Å². The molecule has 2 nitrogen and oxygen atoms in total. The quantitative estimate of drug-likeness (QED) is 0.495. The Hall–Kier alpha value is -2.09. The highest BCUT2D eigenvalue weighted by molar-refractivity contribution is 5.67. The van der Waals surface area contributed by atoms with Crippen molar-refractivity contribution in [3.05, 3.63) is 60.2 Å². The Bertz CT molecular complexity index is 534. The molecule has 0 aliphatic carbocycles. The van der Waals surface area contributed by atoms with Crippen molar-refractivity contribution in [2.24, 2.45) is 0 Å². The van der Waals surface area contributed by atoms with E-state index in [4.69, 9.17) is 4.74 Å². The molecule has 0 radical (unpaired) electrons. The lowest BCUT2D eigenvalue weighted by atomic mass is 9.96. The average molecular weight is 282 g/mol. The zero-order valence-electron chi connectivity index (χ0n) is 12.3. The number of unbranched alkanes of at least 4 members (excludes halogenated alkanes) is 3. The normalized spacial score (nSPS) is 10.3. The lowest BCUT2D eigenvalue weighted by molar-refractivity contribution is -0.128. The molecule has 0 unspecified atom stereocenters. The second-order valence-corrected chi connectivity index (χ2v) is 5.15. The van der Waals surface area contributed by atoms with Crippen LogP contribution in [0, 0.1) is 0 Å². The second kappa shape index (κ2) is 8.96.